The molecule has 0 fully saturated rings. The van der Waals surface area contributed by atoms with E-state index in [0.717, 1.165) is 6.07 Å². The highest BCUT2D eigenvalue weighted by molar-refractivity contribution is 6.12. The van der Waals surface area contributed by atoms with E-state index >= 15 is 0 Å². The first-order chi connectivity index (χ1) is 12.1. The molecule has 0 saturated carbocycles. The molecule has 0 spiro atoms. The lowest BCUT2D eigenvalue weighted by molar-refractivity contribution is 0.102. The van der Waals surface area contributed by atoms with Gasteiger partial charge in [0.05, 0.1) is 18.3 Å². The number of methoxy groups -OCH3 is 1. The summed E-state index contributed by atoms with van der Waals surface area (Å²) in [4.78, 5) is 28.0. The number of hydrogen-bond donors (Lipinski definition) is 2. The first-order valence-corrected chi connectivity index (χ1v) is 7.38. The van der Waals surface area contributed by atoms with Gasteiger partial charge in [-0.1, -0.05) is 12.1 Å². The van der Waals surface area contributed by atoms with Crippen LogP contribution in [0.2, 0.25) is 0 Å². The van der Waals surface area contributed by atoms with Crippen molar-refractivity contribution in [1.82, 2.24) is 4.98 Å². The van der Waals surface area contributed by atoms with Crippen molar-refractivity contribution in [2.75, 3.05) is 17.7 Å². The van der Waals surface area contributed by atoms with Crippen molar-refractivity contribution in [3.05, 3.63) is 66.1 Å². The molecule has 3 rings (SSSR count). The fourth-order valence-electron chi connectivity index (χ4n) is 2.36. The van der Waals surface area contributed by atoms with Crippen molar-refractivity contribution in [3.8, 4) is 0 Å². The van der Waals surface area contributed by atoms with E-state index in [2.05, 4.69) is 20.4 Å². The molecule has 1 aromatic heterocycles. The Hall–Kier alpha value is -3.48. The third kappa shape index (κ3) is 3.55. The molecule has 126 valence electrons. The zero-order chi connectivity index (χ0) is 17.8. The maximum Gasteiger partial charge on any atom is 0.411 e. The maximum absolute atomic E-state index is 13.7. The number of anilines is 2. The Labute approximate surface area is 142 Å². The Morgan fingerprint density at radius 3 is 2.72 bits per heavy atom. The molecule has 3 aromatic rings. The molecule has 0 atom stereocenters. The number of nitrogens with zero attached hydrogens (tertiary/aromatic N) is 1. The zero-order valence-corrected chi connectivity index (χ0v) is 13.2. The van der Waals surface area contributed by atoms with Crippen LogP contribution in [0.4, 0.5) is 20.6 Å². The van der Waals surface area contributed by atoms with Gasteiger partial charge in [-0.15, -0.1) is 0 Å². The Kier molecular flexibility index (Phi) is 4.56. The lowest BCUT2D eigenvalue weighted by Gasteiger charge is -2.10. The number of halogens is 1. The highest BCUT2D eigenvalue weighted by atomic mass is 19.1. The molecular weight excluding hydrogens is 325 g/mol. The minimum atomic E-state index is -0.803. The Bertz CT molecular complexity index is 954. The minimum absolute atomic E-state index is 0.0933. The molecule has 2 aromatic carbocycles. The SMILES string of the molecule is COC(=O)Nc1cc(NC(=O)c2cccc3ncccc23)ccc1F. The Morgan fingerprint density at radius 1 is 1.08 bits per heavy atom. The molecule has 0 radical (unpaired) electrons. The quantitative estimate of drug-likeness (QED) is 0.760. The number of aromatic nitrogens is 1. The van der Waals surface area contributed by atoms with Crippen LogP contribution in [0.5, 0.6) is 0 Å². The largest absolute Gasteiger partial charge is 0.453 e. The van der Waals surface area contributed by atoms with E-state index in [0.29, 0.717) is 22.2 Å². The minimum Gasteiger partial charge on any atom is -0.453 e. The number of amides is 2. The van der Waals surface area contributed by atoms with E-state index < -0.39 is 11.9 Å². The fraction of sp³-hybridized carbons (Fsp3) is 0.0556. The standard InChI is InChI=1S/C18H14FN3O3/c1-25-18(24)22-16-10-11(7-8-14(16)19)21-17(23)13-4-2-6-15-12(13)5-3-9-20-15/h2-10H,1H3,(H,21,23)(H,22,24). The van der Waals surface area contributed by atoms with E-state index in [1.165, 1.54) is 19.2 Å². The monoisotopic (exact) mass is 339 g/mol. The van der Waals surface area contributed by atoms with E-state index in [9.17, 15) is 14.0 Å². The second-order valence-electron chi connectivity index (χ2n) is 5.14. The number of pyridine rings is 1. The fourth-order valence-corrected chi connectivity index (χ4v) is 2.36. The van der Waals surface area contributed by atoms with Gasteiger partial charge in [-0.3, -0.25) is 15.1 Å². The summed E-state index contributed by atoms with van der Waals surface area (Å²) in [5.41, 5.74) is 1.38. The summed E-state index contributed by atoms with van der Waals surface area (Å²) in [7, 11) is 1.17. The third-order valence-corrected chi connectivity index (χ3v) is 3.54. The van der Waals surface area contributed by atoms with Gasteiger partial charge in [0, 0.05) is 22.8 Å². The van der Waals surface area contributed by atoms with E-state index in [-0.39, 0.29) is 11.6 Å². The second kappa shape index (κ2) is 6.96. The van der Waals surface area contributed by atoms with Crippen LogP contribution in [0.25, 0.3) is 10.9 Å². The van der Waals surface area contributed by atoms with Crippen molar-refractivity contribution < 1.29 is 18.7 Å². The number of hydrogen-bond acceptors (Lipinski definition) is 4. The predicted molar refractivity (Wildman–Crippen MR) is 92.1 cm³/mol. The van der Waals surface area contributed by atoms with Crippen LogP contribution in [0.3, 0.4) is 0 Å². The van der Waals surface area contributed by atoms with Gasteiger partial charge in [-0.05, 0) is 36.4 Å². The molecule has 2 N–H and O–H groups in total. The van der Waals surface area contributed by atoms with Gasteiger partial charge >= 0.3 is 6.09 Å². The smallest absolute Gasteiger partial charge is 0.411 e. The predicted octanol–water partition coefficient (Wildman–Crippen LogP) is 3.80. The molecule has 25 heavy (non-hydrogen) atoms. The average Bonchev–Trinajstić information content (AvgIpc) is 2.63. The molecular formula is C18H14FN3O3. The number of benzene rings is 2. The van der Waals surface area contributed by atoms with Crippen LogP contribution in [-0.4, -0.2) is 24.1 Å². The van der Waals surface area contributed by atoms with Crippen LogP contribution >= 0.6 is 0 Å². The van der Waals surface area contributed by atoms with Crippen LogP contribution in [-0.2, 0) is 4.74 Å². The van der Waals surface area contributed by atoms with Gasteiger partial charge in [-0.25, -0.2) is 9.18 Å². The first kappa shape index (κ1) is 16.4. The second-order valence-corrected chi connectivity index (χ2v) is 5.14. The molecule has 0 aliphatic carbocycles. The van der Waals surface area contributed by atoms with Gasteiger partial charge in [0.1, 0.15) is 5.82 Å². The summed E-state index contributed by atoms with van der Waals surface area (Å²) >= 11 is 0. The molecule has 0 bridgehead atoms. The van der Waals surface area contributed by atoms with Gasteiger partial charge in [0.25, 0.3) is 5.91 Å². The van der Waals surface area contributed by atoms with Gasteiger partial charge in [0.15, 0.2) is 0 Å². The number of nitrogens with one attached hydrogen (secondary N) is 2. The summed E-state index contributed by atoms with van der Waals surface area (Å²) in [5.74, 6) is -1.01. The number of carbonyl (C=O) groups excluding carboxylic acids is 2. The molecule has 7 heteroatoms. The lowest BCUT2D eigenvalue weighted by atomic mass is 10.1. The molecule has 0 aliphatic rings. The number of ether oxygens (including phenoxy) is 1. The highest BCUT2D eigenvalue weighted by Crippen LogP contribution is 2.22. The summed E-state index contributed by atoms with van der Waals surface area (Å²) < 4.78 is 18.2. The molecule has 6 nitrogen and oxygen atoms in total. The molecule has 0 saturated heterocycles. The van der Waals surface area contributed by atoms with Gasteiger partial charge in [0.2, 0.25) is 0 Å². The van der Waals surface area contributed by atoms with Crippen LogP contribution in [0, 0.1) is 5.82 Å². The van der Waals surface area contributed by atoms with Crippen molar-refractivity contribution in [3.63, 3.8) is 0 Å². The summed E-state index contributed by atoms with van der Waals surface area (Å²) in [6, 6.07) is 12.6. The first-order valence-electron chi connectivity index (χ1n) is 7.38. The normalized spacial score (nSPS) is 10.3. The summed E-state index contributed by atoms with van der Waals surface area (Å²) in [5, 5.41) is 5.64. The van der Waals surface area contributed by atoms with Crippen molar-refractivity contribution in [2.45, 2.75) is 0 Å². The average molecular weight is 339 g/mol. The van der Waals surface area contributed by atoms with Crippen LogP contribution in [0.1, 0.15) is 10.4 Å². The van der Waals surface area contributed by atoms with Gasteiger partial charge in [-0.2, -0.15) is 0 Å². The number of fused-ring (bicyclic) bond motifs is 1. The number of carbonyl (C=O) groups is 2. The van der Waals surface area contributed by atoms with Crippen molar-refractivity contribution in [2.24, 2.45) is 0 Å². The van der Waals surface area contributed by atoms with Crippen molar-refractivity contribution >= 4 is 34.3 Å². The zero-order valence-electron chi connectivity index (χ0n) is 13.2. The third-order valence-electron chi connectivity index (χ3n) is 3.54. The summed E-state index contributed by atoms with van der Waals surface area (Å²) in [6.07, 6.45) is 0.844. The number of rotatable bonds is 3. The molecule has 2 amide bonds. The molecule has 0 aliphatic heterocycles. The van der Waals surface area contributed by atoms with Crippen LogP contribution in [0.15, 0.2) is 54.7 Å². The highest BCUT2D eigenvalue weighted by Gasteiger charge is 2.13. The van der Waals surface area contributed by atoms with E-state index in [1.807, 2.05) is 6.07 Å². The topological polar surface area (TPSA) is 80.3 Å². The Balaban J connectivity index is 1.88. The van der Waals surface area contributed by atoms with Crippen LogP contribution < -0.4 is 10.6 Å². The lowest BCUT2D eigenvalue weighted by Crippen LogP contribution is -2.15. The maximum atomic E-state index is 13.7. The van der Waals surface area contributed by atoms with E-state index in [4.69, 9.17) is 0 Å². The van der Waals surface area contributed by atoms with Crippen molar-refractivity contribution in [1.29, 1.82) is 0 Å². The molecule has 1 heterocycles. The van der Waals surface area contributed by atoms with Gasteiger partial charge < -0.3 is 10.1 Å². The summed E-state index contributed by atoms with van der Waals surface area (Å²) in [6.45, 7) is 0. The van der Waals surface area contributed by atoms with E-state index in [1.54, 1.807) is 30.5 Å². The Morgan fingerprint density at radius 2 is 1.92 bits per heavy atom. The molecule has 0 unspecified atom stereocenters.